The average molecular weight is 292 g/mol. The minimum atomic E-state index is -0.0760. The molecule has 1 aromatic carbocycles. The highest BCUT2D eigenvalue weighted by atomic mass is 35.5. The molecule has 0 unspecified atom stereocenters. The molecule has 1 aromatic heterocycles. The van der Waals surface area contributed by atoms with E-state index in [1.165, 1.54) is 6.07 Å². The first-order valence-corrected chi connectivity index (χ1v) is 6.67. The molecule has 0 aliphatic carbocycles. The Labute approximate surface area is 121 Å². The van der Waals surface area contributed by atoms with Crippen molar-refractivity contribution in [1.29, 1.82) is 0 Å². The van der Waals surface area contributed by atoms with E-state index >= 15 is 0 Å². The van der Waals surface area contributed by atoms with Crippen molar-refractivity contribution >= 4 is 11.6 Å². The number of pyridine rings is 1. The smallest absolute Gasteiger partial charge is 0.252 e. The van der Waals surface area contributed by atoms with Gasteiger partial charge in [-0.1, -0.05) is 11.6 Å². The lowest BCUT2D eigenvalue weighted by Gasteiger charge is -2.23. The van der Waals surface area contributed by atoms with Gasteiger partial charge in [-0.2, -0.15) is 0 Å². The molecule has 4 nitrogen and oxygen atoms in total. The van der Waals surface area contributed by atoms with E-state index in [0.717, 1.165) is 23.2 Å². The van der Waals surface area contributed by atoms with Crippen LogP contribution in [0.3, 0.4) is 0 Å². The zero-order valence-electron chi connectivity index (χ0n) is 11.3. The molecule has 20 heavy (non-hydrogen) atoms. The third-order valence-corrected chi connectivity index (χ3v) is 3.80. The summed E-state index contributed by atoms with van der Waals surface area (Å²) >= 11 is 6.01. The van der Waals surface area contributed by atoms with Crippen LogP contribution in [0.15, 0.2) is 29.1 Å². The summed E-state index contributed by atoms with van der Waals surface area (Å²) in [6.07, 6.45) is 0.782. The van der Waals surface area contributed by atoms with Gasteiger partial charge >= 0.3 is 0 Å². The first-order chi connectivity index (χ1) is 9.63. The lowest BCUT2D eigenvalue weighted by atomic mass is 9.96. The Bertz CT molecular complexity index is 737. The molecule has 1 aliphatic rings. The molecule has 0 bridgehead atoms. The number of aromatic nitrogens is 1. The number of rotatable bonds is 2. The van der Waals surface area contributed by atoms with E-state index in [-0.39, 0.29) is 5.56 Å². The molecule has 0 saturated heterocycles. The Balaban J connectivity index is 2.28. The van der Waals surface area contributed by atoms with Crippen molar-refractivity contribution in [2.24, 2.45) is 0 Å². The first-order valence-electron chi connectivity index (χ1n) is 6.29. The lowest BCUT2D eigenvalue weighted by molar-refractivity contribution is 0.354. The van der Waals surface area contributed by atoms with Gasteiger partial charge < -0.3 is 14.0 Å². The average Bonchev–Trinajstić information content (AvgIpc) is 2.45. The van der Waals surface area contributed by atoms with E-state index in [2.05, 4.69) is 0 Å². The zero-order valence-corrected chi connectivity index (χ0v) is 12.0. The van der Waals surface area contributed by atoms with Gasteiger partial charge in [0.15, 0.2) is 11.5 Å². The predicted molar refractivity (Wildman–Crippen MR) is 78.0 cm³/mol. The van der Waals surface area contributed by atoms with Gasteiger partial charge in [-0.25, -0.2) is 0 Å². The Morgan fingerprint density at radius 1 is 1.10 bits per heavy atom. The van der Waals surface area contributed by atoms with Crippen molar-refractivity contribution in [2.45, 2.75) is 13.0 Å². The molecule has 1 aliphatic heterocycles. The molecule has 3 rings (SSSR count). The highest BCUT2D eigenvalue weighted by molar-refractivity contribution is 6.30. The normalized spacial score (nSPS) is 12.6. The third kappa shape index (κ3) is 1.96. The zero-order chi connectivity index (χ0) is 14.3. The molecule has 2 heterocycles. The SMILES string of the molecule is COc1cc2c(cc1OC)-c1cc(Cl)cc(=O)n1CC2. The maximum atomic E-state index is 12.0. The third-order valence-electron chi connectivity index (χ3n) is 3.58. The number of benzene rings is 1. The second kappa shape index (κ2) is 4.87. The summed E-state index contributed by atoms with van der Waals surface area (Å²) in [5.41, 5.74) is 2.84. The molecular formula is C15H14ClNO3. The number of hydrogen-bond donors (Lipinski definition) is 0. The van der Waals surface area contributed by atoms with E-state index < -0.39 is 0 Å². The number of methoxy groups -OCH3 is 2. The maximum Gasteiger partial charge on any atom is 0.252 e. The largest absolute Gasteiger partial charge is 0.493 e. The fourth-order valence-electron chi connectivity index (χ4n) is 2.62. The first kappa shape index (κ1) is 13.1. The van der Waals surface area contributed by atoms with Crippen LogP contribution in [0, 0.1) is 0 Å². The number of nitrogens with zero attached hydrogens (tertiary/aromatic N) is 1. The fourth-order valence-corrected chi connectivity index (χ4v) is 2.81. The highest BCUT2D eigenvalue weighted by Crippen LogP contribution is 2.38. The Kier molecular flexibility index (Phi) is 3.18. The standard InChI is InChI=1S/C15H14ClNO3/c1-19-13-5-9-3-4-17-12(6-10(16)7-15(17)18)11(9)8-14(13)20-2/h5-8H,3-4H2,1-2H3. The molecule has 5 heteroatoms. The number of halogens is 1. The highest BCUT2D eigenvalue weighted by Gasteiger charge is 2.20. The van der Waals surface area contributed by atoms with E-state index in [1.54, 1.807) is 18.8 Å². The Morgan fingerprint density at radius 2 is 1.80 bits per heavy atom. The molecule has 0 radical (unpaired) electrons. The number of aryl methyl sites for hydroxylation is 1. The van der Waals surface area contributed by atoms with Gasteiger partial charge in [0.05, 0.1) is 19.9 Å². The second-order valence-corrected chi connectivity index (χ2v) is 5.10. The summed E-state index contributed by atoms with van der Waals surface area (Å²) in [5.74, 6) is 1.34. The maximum absolute atomic E-state index is 12.0. The van der Waals surface area contributed by atoms with E-state index in [9.17, 15) is 4.79 Å². The van der Waals surface area contributed by atoms with Crippen molar-refractivity contribution < 1.29 is 9.47 Å². The number of ether oxygens (including phenoxy) is 2. The van der Waals surface area contributed by atoms with Gasteiger partial charge in [0.25, 0.3) is 5.56 Å². The van der Waals surface area contributed by atoms with Crippen LogP contribution >= 0.6 is 11.6 Å². The lowest BCUT2D eigenvalue weighted by Crippen LogP contribution is -2.25. The minimum Gasteiger partial charge on any atom is -0.493 e. The number of hydrogen-bond acceptors (Lipinski definition) is 3. The molecule has 0 atom stereocenters. The summed E-state index contributed by atoms with van der Waals surface area (Å²) in [5, 5.41) is 0.448. The van der Waals surface area contributed by atoms with Crippen molar-refractivity contribution in [3.63, 3.8) is 0 Å². The van der Waals surface area contributed by atoms with E-state index in [0.29, 0.717) is 23.1 Å². The van der Waals surface area contributed by atoms with Crippen LogP contribution in [0.1, 0.15) is 5.56 Å². The summed E-state index contributed by atoms with van der Waals surface area (Å²) in [6, 6.07) is 7.11. The van der Waals surface area contributed by atoms with Crippen LogP contribution in [-0.4, -0.2) is 18.8 Å². The molecule has 0 spiro atoms. The fraction of sp³-hybridized carbons (Fsp3) is 0.267. The van der Waals surface area contributed by atoms with E-state index in [4.69, 9.17) is 21.1 Å². The summed E-state index contributed by atoms with van der Waals surface area (Å²) in [4.78, 5) is 12.0. The van der Waals surface area contributed by atoms with Crippen LogP contribution in [0.5, 0.6) is 11.5 Å². The topological polar surface area (TPSA) is 40.5 Å². The van der Waals surface area contributed by atoms with Gasteiger partial charge in [0.2, 0.25) is 0 Å². The van der Waals surface area contributed by atoms with Crippen molar-refractivity contribution in [2.75, 3.05) is 14.2 Å². The molecule has 104 valence electrons. The Morgan fingerprint density at radius 3 is 2.50 bits per heavy atom. The second-order valence-electron chi connectivity index (χ2n) is 4.66. The summed E-state index contributed by atoms with van der Waals surface area (Å²) in [7, 11) is 3.21. The van der Waals surface area contributed by atoms with Crippen LogP contribution in [0.25, 0.3) is 11.3 Å². The van der Waals surface area contributed by atoms with Crippen LogP contribution in [0.4, 0.5) is 0 Å². The van der Waals surface area contributed by atoms with Crippen LogP contribution in [0.2, 0.25) is 5.02 Å². The van der Waals surface area contributed by atoms with Gasteiger partial charge in [0, 0.05) is 23.2 Å². The van der Waals surface area contributed by atoms with Gasteiger partial charge in [0.1, 0.15) is 0 Å². The van der Waals surface area contributed by atoms with Crippen molar-refractivity contribution in [1.82, 2.24) is 4.57 Å². The van der Waals surface area contributed by atoms with Crippen molar-refractivity contribution in [3.8, 4) is 22.8 Å². The predicted octanol–water partition coefficient (Wildman–Crippen LogP) is 2.74. The van der Waals surface area contributed by atoms with Gasteiger partial charge in [-0.15, -0.1) is 0 Å². The molecule has 0 amide bonds. The monoisotopic (exact) mass is 291 g/mol. The molecule has 0 N–H and O–H groups in total. The summed E-state index contributed by atoms with van der Waals surface area (Å²) < 4.78 is 12.4. The van der Waals surface area contributed by atoms with Crippen LogP contribution < -0.4 is 15.0 Å². The minimum absolute atomic E-state index is 0.0760. The van der Waals surface area contributed by atoms with Crippen molar-refractivity contribution in [3.05, 3.63) is 45.2 Å². The molecular weight excluding hydrogens is 278 g/mol. The number of fused-ring (bicyclic) bond motifs is 3. The van der Waals surface area contributed by atoms with Gasteiger partial charge in [-0.3, -0.25) is 4.79 Å². The van der Waals surface area contributed by atoms with Crippen LogP contribution in [-0.2, 0) is 13.0 Å². The van der Waals surface area contributed by atoms with E-state index in [1.807, 2.05) is 18.2 Å². The molecule has 2 aromatic rings. The molecule has 0 saturated carbocycles. The van der Waals surface area contributed by atoms with Gasteiger partial charge in [-0.05, 0) is 30.2 Å². The Hall–Kier alpha value is -1.94. The molecule has 0 fully saturated rings. The summed E-state index contributed by atoms with van der Waals surface area (Å²) in [6.45, 7) is 0.647. The quantitative estimate of drug-likeness (QED) is 0.854.